The molecule has 6 nitrogen and oxygen atoms in total. The third-order valence-electron chi connectivity index (χ3n) is 5.32. The van der Waals surface area contributed by atoms with Crippen LogP contribution in [0.5, 0.6) is 0 Å². The summed E-state index contributed by atoms with van der Waals surface area (Å²) in [6, 6.07) is 10.5. The number of piperazine rings is 1. The Morgan fingerprint density at radius 3 is 2.13 bits per heavy atom. The summed E-state index contributed by atoms with van der Waals surface area (Å²) in [6.45, 7) is 9.15. The number of rotatable bonds is 6. The molecular weight excluding hydrogens is 383 g/mol. The lowest BCUT2D eigenvalue weighted by Gasteiger charge is -2.35. The topological polar surface area (TPSA) is 64.7 Å². The fourth-order valence-electron chi connectivity index (χ4n) is 3.81. The van der Waals surface area contributed by atoms with Crippen molar-refractivity contribution in [3.63, 3.8) is 0 Å². The molecule has 1 aliphatic rings. The molecule has 2 aromatic rings. The molecule has 2 aromatic carbocycles. The summed E-state index contributed by atoms with van der Waals surface area (Å²) in [6.07, 6.45) is 0. The van der Waals surface area contributed by atoms with E-state index >= 15 is 0 Å². The third-order valence-corrected chi connectivity index (χ3v) is 5.32. The molecule has 0 unspecified atom stereocenters. The molecule has 0 spiro atoms. The Bertz CT molecular complexity index is 883. The van der Waals surface area contributed by atoms with E-state index in [4.69, 9.17) is 0 Å². The maximum atomic E-state index is 13.1. The van der Waals surface area contributed by atoms with Crippen LogP contribution in [0.1, 0.15) is 16.7 Å². The number of nitrogens with one attached hydrogen (secondary N) is 2. The Hall–Kier alpha value is -2.93. The third kappa shape index (κ3) is 5.79. The standard InChI is InChI=1S/C23H29FN4O2/c1-16-12-17(2)23(18(3)13-16)26-21(29)14-25-22(30)15-27-8-10-28(11-9-27)20-6-4-19(24)5-7-20/h4-7,12-13H,8-11,14-15H2,1-3H3,(H,25,30)(H,26,29). The minimum atomic E-state index is -0.245. The summed E-state index contributed by atoms with van der Waals surface area (Å²) >= 11 is 0. The van der Waals surface area contributed by atoms with Gasteiger partial charge in [0.1, 0.15) is 5.82 Å². The van der Waals surface area contributed by atoms with Crippen molar-refractivity contribution in [2.75, 3.05) is 49.5 Å². The number of carbonyl (C=O) groups is 2. The molecular formula is C23H29FN4O2. The monoisotopic (exact) mass is 412 g/mol. The zero-order valence-corrected chi connectivity index (χ0v) is 17.8. The van der Waals surface area contributed by atoms with Gasteiger partial charge in [-0.1, -0.05) is 17.7 Å². The van der Waals surface area contributed by atoms with E-state index in [2.05, 4.69) is 20.4 Å². The second-order valence-electron chi connectivity index (χ2n) is 7.84. The van der Waals surface area contributed by atoms with Crippen molar-refractivity contribution in [2.45, 2.75) is 20.8 Å². The van der Waals surface area contributed by atoms with Crippen LogP contribution in [0, 0.1) is 26.6 Å². The Kier molecular flexibility index (Phi) is 7.05. The van der Waals surface area contributed by atoms with E-state index in [0.717, 1.165) is 54.2 Å². The van der Waals surface area contributed by atoms with Gasteiger partial charge in [-0.3, -0.25) is 14.5 Å². The molecule has 3 rings (SSSR count). The molecule has 30 heavy (non-hydrogen) atoms. The van der Waals surface area contributed by atoms with Crippen molar-refractivity contribution in [3.05, 3.63) is 58.9 Å². The van der Waals surface area contributed by atoms with Crippen molar-refractivity contribution < 1.29 is 14.0 Å². The van der Waals surface area contributed by atoms with Crippen molar-refractivity contribution in [3.8, 4) is 0 Å². The van der Waals surface area contributed by atoms with Crippen LogP contribution >= 0.6 is 0 Å². The highest BCUT2D eigenvalue weighted by molar-refractivity contribution is 5.96. The fourth-order valence-corrected chi connectivity index (χ4v) is 3.81. The lowest BCUT2D eigenvalue weighted by molar-refractivity contribution is -0.125. The molecule has 0 aromatic heterocycles. The van der Waals surface area contributed by atoms with E-state index in [1.807, 2.05) is 32.9 Å². The van der Waals surface area contributed by atoms with E-state index in [1.54, 1.807) is 12.1 Å². The Morgan fingerprint density at radius 1 is 0.933 bits per heavy atom. The smallest absolute Gasteiger partial charge is 0.243 e. The van der Waals surface area contributed by atoms with Crippen LogP contribution in [-0.2, 0) is 9.59 Å². The average molecular weight is 413 g/mol. The first kappa shape index (κ1) is 21.8. The summed E-state index contributed by atoms with van der Waals surface area (Å²) in [7, 11) is 0. The van der Waals surface area contributed by atoms with Gasteiger partial charge in [0.15, 0.2) is 0 Å². The van der Waals surface area contributed by atoms with Gasteiger partial charge in [0.05, 0.1) is 13.1 Å². The van der Waals surface area contributed by atoms with Gasteiger partial charge in [-0.2, -0.15) is 0 Å². The SMILES string of the molecule is Cc1cc(C)c(NC(=O)CNC(=O)CN2CCN(c3ccc(F)cc3)CC2)c(C)c1. The van der Waals surface area contributed by atoms with Crippen LogP contribution in [0.4, 0.5) is 15.8 Å². The van der Waals surface area contributed by atoms with Gasteiger partial charge in [-0.15, -0.1) is 0 Å². The Labute approximate surface area is 177 Å². The van der Waals surface area contributed by atoms with E-state index in [1.165, 1.54) is 12.1 Å². The quantitative estimate of drug-likeness (QED) is 0.766. The molecule has 0 saturated carbocycles. The normalized spacial score (nSPS) is 14.5. The zero-order chi connectivity index (χ0) is 21.7. The van der Waals surface area contributed by atoms with Gasteiger partial charge in [0.25, 0.3) is 0 Å². The molecule has 2 N–H and O–H groups in total. The van der Waals surface area contributed by atoms with E-state index in [-0.39, 0.29) is 30.7 Å². The second-order valence-corrected chi connectivity index (χ2v) is 7.84. The lowest BCUT2D eigenvalue weighted by Crippen LogP contribution is -2.50. The fraction of sp³-hybridized carbons (Fsp3) is 0.391. The maximum absolute atomic E-state index is 13.1. The summed E-state index contributed by atoms with van der Waals surface area (Å²) in [5, 5.41) is 5.59. The molecule has 0 atom stereocenters. The Balaban J connectivity index is 1.41. The van der Waals surface area contributed by atoms with Gasteiger partial charge < -0.3 is 15.5 Å². The summed E-state index contributed by atoms with van der Waals surface area (Å²) in [5.74, 6) is -0.650. The number of halogens is 1. The average Bonchev–Trinajstić information content (AvgIpc) is 2.70. The molecule has 0 aliphatic carbocycles. The van der Waals surface area contributed by atoms with Crippen molar-refractivity contribution in [1.82, 2.24) is 10.2 Å². The van der Waals surface area contributed by atoms with E-state index < -0.39 is 0 Å². The van der Waals surface area contributed by atoms with E-state index in [9.17, 15) is 14.0 Å². The predicted molar refractivity (Wildman–Crippen MR) is 117 cm³/mol. The van der Waals surface area contributed by atoms with Crippen LogP contribution in [0.15, 0.2) is 36.4 Å². The number of amides is 2. The van der Waals surface area contributed by atoms with Crippen LogP contribution in [0.2, 0.25) is 0 Å². The first-order chi connectivity index (χ1) is 14.3. The number of hydrogen-bond donors (Lipinski definition) is 2. The molecule has 2 amide bonds. The first-order valence-electron chi connectivity index (χ1n) is 10.2. The Morgan fingerprint density at radius 2 is 1.53 bits per heavy atom. The second kappa shape index (κ2) is 9.71. The van der Waals surface area contributed by atoms with Crippen molar-refractivity contribution in [1.29, 1.82) is 0 Å². The molecule has 7 heteroatoms. The molecule has 1 fully saturated rings. The highest BCUT2D eigenvalue weighted by Crippen LogP contribution is 2.21. The largest absolute Gasteiger partial charge is 0.369 e. The van der Waals surface area contributed by atoms with E-state index in [0.29, 0.717) is 0 Å². The summed E-state index contributed by atoms with van der Waals surface area (Å²) in [5.41, 5.74) is 4.95. The number of hydrogen-bond acceptors (Lipinski definition) is 4. The minimum absolute atomic E-state index is 0.0544. The summed E-state index contributed by atoms with van der Waals surface area (Å²) in [4.78, 5) is 28.7. The van der Waals surface area contributed by atoms with Gasteiger partial charge in [-0.05, 0) is 56.2 Å². The van der Waals surface area contributed by atoms with Gasteiger partial charge in [0.2, 0.25) is 11.8 Å². The van der Waals surface area contributed by atoms with Crippen molar-refractivity contribution in [2.24, 2.45) is 0 Å². The zero-order valence-electron chi connectivity index (χ0n) is 17.8. The van der Waals surface area contributed by atoms with Crippen LogP contribution in [0.25, 0.3) is 0 Å². The molecule has 0 radical (unpaired) electrons. The number of anilines is 2. The van der Waals surface area contributed by atoms with Crippen LogP contribution in [0.3, 0.4) is 0 Å². The number of benzene rings is 2. The maximum Gasteiger partial charge on any atom is 0.243 e. The highest BCUT2D eigenvalue weighted by atomic mass is 19.1. The highest BCUT2D eigenvalue weighted by Gasteiger charge is 2.19. The molecule has 1 aliphatic heterocycles. The number of carbonyl (C=O) groups excluding carboxylic acids is 2. The molecule has 1 heterocycles. The van der Waals surface area contributed by atoms with Crippen LogP contribution in [-0.4, -0.2) is 56.0 Å². The van der Waals surface area contributed by atoms with Crippen molar-refractivity contribution >= 4 is 23.2 Å². The minimum Gasteiger partial charge on any atom is -0.369 e. The predicted octanol–water partition coefficient (Wildman–Crippen LogP) is 2.63. The van der Waals surface area contributed by atoms with Gasteiger partial charge >= 0.3 is 0 Å². The molecule has 0 bridgehead atoms. The molecule has 1 saturated heterocycles. The van der Waals surface area contributed by atoms with Crippen LogP contribution < -0.4 is 15.5 Å². The number of nitrogens with zero attached hydrogens (tertiary/aromatic N) is 2. The first-order valence-corrected chi connectivity index (χ1v) is 10.2. The lowest BCUT2D eigenvalue weighted by atomic mass is 10.1. The van der Waals surface area contributed by atoms with Gasteiger partial charge in [0, 0.05) is 37.6 Å². The summed E-state index contributed by atoms with van der Waals surface area (Å²) < 4.78 is 13.1. The number of aryl methyl sites for hydroxylation is 3. The molecule has 160 valence electrons. The van der Waals surface area contributed by atoms with Gasteiger partial charge in [-0.25, -0.2) is 4.39 Å².